The maximum atomic E-state index is 4.83. The number of imidazole rings is 1. The van der Waals surface area contributed by atoms with Crippen molar-refractivity contribution >= 4 is 29.9 Å². The lowest BCUT2D eigenvalue weighted by atomic mass is 9.93. The van der Waals surface area contributed by atoms with E-state index in [4.69, 9.17) is 4.99 Å². The highest BCUT2D eigenvalue weighted by molar-refractivity contribution is 14.0. The molecule has 2 unspecified atom stereocenters. The molecule has 144 valence electrons. The van der Waals surface area contributed by atoms with Crippen LogP contribution in [0.5, 0.6) is 0 Å². The number of rotatable bonds is 5. The summed E-state index contributed by atoms with van der Waals surface area (Å²) in [5.41, 5.74) is 0.140. The van der Waals surface area contributed by atoms with E-state index in [0.717, 1.165) is 38.7 Å². The van der Waals surface area contributed by atoms with Crippen molar-refractivity contribution in [3.8, 4) is 0 Å². The molecule has 0 bridgehead atoms. The molecule has 2 atom stereocenters. The molecule has 0 aliphatic carbocycles. The Kier molecular flexibility index (Phi) is 9.20. The zero-order valence-electron chi connectivity index (χ0n) is 16.3. The molecule has 0 radical (unpaired) electrons. The lowest BCUT2D eigenvalue weighted by Crippen LogP contribution is -2.49. The van der Waals surface area contributed by atoms with Gasteiger partial charge in [0.1, 0.15) is 0 Å². The van der Waals surface area contributed by atoms with Crippen LogP contribution in [0.15, 0.2) is 23.7 Å². The van der Waals surface area contributed by atoms with Crippen molar-refractivity contribution in [3.05, 3.63) is 18.7 Å². The van der Waals surface area contributed by atoms with Gasteiger partial charge >= 0.3 is 0 Å². The first-order chi connectivity index (χ1) is 11.4. The first-order valence-electron chi connectivity index (χ1n) is 9.16. The van der Waals surface area contributed by atoms with Crippen LogP contribution in [0.3, 0.4) is 0 Å². The maximum Gasteiger partial charge on any atom is 0.194 e. The quantitative estimate of drug-likeness (QED) is 0.306. The fourth-order valence-corrected chi connectivity index (χ4v) is 3.11. The molecule has 1 aromatic heterocycles. The Morgan fingerprint density at radius 3 is 2.72 bits per heavy atom. The van der Waals surface area contributed by atoms with Gasteiger partial charge in [-0.25, -0.2) is 4.98 Å². The molecule has 2 heterocycles. The second-order valence-electron chi connectivity index (χ2n) is 7.70. The Morgan fingerprint density at radius 1 is 1.36 bits per heavy atom. The van der Waals surface area contributed by atoms with Crippen LogP contribution in [-0.2, 0) is 0 Å². The Bertz CT molecular complexity index is 508. The largest absolute Gasteiger partial charge is 0.357 e. The monoisotopic (exact) mass is 462 g/mol. The minimum atomic E-state index is 0. The van der Waals surface area contributed by atoms with Gasteiger partial charge in [0, 0.05) is 44.1 Å². The third kappa shape index (κ3) is 7.13. The van der Waals surface area contributed by atoms with Crippen LogP contribution >= 0.6 is 24.0 Å². The van der Waals surface area contributed by atoms with Gasteiger partial charge in [-0.3, -0.25) is 4.99 Å². The van der Waals surface area contributed by atoms with Crippen molar-refractivity contribution in [3.63, 3.8) is 0 Å². The average molecular weight is 462 g/mol. The lowest BCUT2D eigenvalue weighted by molar-refractivity contribution is 0.189. The third-order valence-corrected chi connectivity index (χ3v) is 4.49. The van der Waals surface area contributed by atoms with E-state index in [2.05, 4.69) is 65.9 Å². The van der Waals surface area contributed by atoms with E-state index in [9.17, 15) is 0 Å². The summed E-state index contributed by atoms with van der Waals surface area (Å²) in [5, 5.41) is 6.95. The predicted molar refractivity (Wildman–Crippen MR) is 116 cm³/mol. The Hall–Kier alpha value is -0.830. The van der Waals surface area contributed by atoms with Crippen molar-refractivity contribution in [1.82, 2.24) is 25.1 Å². The van der Waals surface area contributed by atoms with Gasteiger partial charge in [0.05, 0.1) is 18.9 Å². The van der Waals surface area contributed by atoms with Crippen LogP contribution < -0.4 is 10.6 Å². The number of hydrogen-bond acceptors (Lipinski definition) is 3. The van der Waals surface area contributed by atoms with Gasteiger partial charge in [-0.05, 0) is 40.0 Å². The molecule has 0 spiro atoms. The van der Waals surface area contributed by atoms with E-state index in [1.54, 1.807) is 0 Å². The summed E-state index contributed by atoms with van der Waals surface area (Å²) >= 11 is 0. The van der Waals surface area contributed by atoms with Gasteiger partial charge in [-0.15, -0.1) is 24.0 Å². The number of nitrogens with zero attached hydrogens (tertiary/aromatic N) is 4. The highest BCUT2D eigenvalue weighted by atomic mass is 127. The average Bonchev–Trinajstić information content (AvgIpc) is 3.04. The van der Waals surface area contributed by atoms with E-state index >= 15 is 0 Å². The summed E-state index contributed by atoms with van der Waals surface area (Å²) in [7, 11) is 0. The molecule has 1 aliphatic rings. The van der Waals surface area contributed by atoms with Crippen molar-refractivity contribution < 1.29 is 0 Å². The van der Waals surface area contributed by atoms with Gasteiger partial charge in [0.25, 0.3) is 0 Å². The number of halogens is 1. The zero-order valence-corrected chi connectivity index (χ0v) is 18.7. The van der Waals surface area contributed by atoms with Gasteiger partial charge in [0.15, 0.2) is 5.96 Å². The molecule has 2 rings (SSSR count). The smallest absolute Gasteiger partial charge is 0.194 e. The molecular formula is C18H35IN6. The van der Waals surface area contributed by atoms with E-state index in [1.807, 2.05) is 12.5 Å². The number of aliphatic imine (C=N–C) groups is 1. The highest BCUT2D eigenvalue weighted by Crippen LogP contribution is 2.27. The maximum absolute atomic E-state index is 4.83. The van der Waals surface area contributed by atoms with E-state index in [-0.39, 0.29) is 29.5 Å². The lowest BCUT2D eigenvalue weighted by Gasteiger charge is -2.39. The van der Waals surface area contributed by atoms with Gasteiger partial charge in [-0.1, -0.05) is 6.92 Å². The number of aromatic nitrogens is 2. The van der Waals surface area contributed by atoms with Gasteiger partial charge in [0.2, 0.25) is 0 Å². The standard InChI is InChI=1S/C18H34N6.HI/c1-6-20-17(21-8-9-22-18(3,4)5)23-11-7-15(2)16(13-23)24-12-10-19-14-24;/h10,12,14-16,22H,6-9,11,13H2,1-5H3,(H,20,21);1H. The van der Waals surface area contributed by atoms with Gasteiger partial charge in [-0.2, -0.15) is 0 Å². The molecule has 1 aliphatic heterocycles. The van der Waals surface area contributed by atoms with E-state index in [0.29, 0.717) is 12.0 Å². The fraction of sp³-hybridized carbons (Fsp3) is 0.778. The Balaban J connectivity index is 0.00000312. The minimum absolute atomic E-state index is 0. The van der Waals surface area contributed by atoms with Crippen molar-refractivity contribution in [1.29, 1.82) is 0 Å². The second-order valence-corrected chi connectivity index (χ2v) is 7.70. The molecular weight excluding hydrogens is 427 g/mol. The first-order valence-corrected chi connectivity index (χ1v) is 9.16. The summed E-state index contributed by atoms with van der Waals surface area (Å²) in [6.07, 6.45) is 7.04. The van der Waals surface area contributed by atoms with Crippen LogP contribution in [0.2, 0.25) is 0 Å². The first kappa shape index (κ1) is 22.2. The molecule has 0 aromatic carbocycles. The highest BCUT2D eigenvalue weighted by Gasteiger charge is 2.28. The van der Waals surface area contributed by atoms with Crippen LogP contribution in [-0.4, -0.2) is 58.7 Å². The third-order valence-electron chi connectivity index (χ3n) is 4.49. The summed E-state index contributed by atoms with van der Waals surface area (Å²) in [6.45, 7) is 15.6. The zero-order chi connectivity index (χ0) is 17.6. The summed E-state index contributed by atoms with van der Waals surface area (Å²) in [6, 6.07) is 0.456. The molecule has 25 heavy (non-hydrogen) atoms. The molecule has 2 N–H and O–H groups in total. The van der Waals surface area contributed by atoms with Crippen LogP contribution in [0, 0.1) is 5.92 Å². The summed E-state index contributed by atoms with van der Waals surface area (Å²) < 4.78 is 2.24. The molecule has 1 fully saturated rings. The molecule has 1 aromatic rings. The van der Waals surface area contributed by atoms with Crippen molar-refractivity contribution in [2.75, 3.05) is 32.7 Å². The SMILES string of the molecule is CCNC(=NCCNC(C)(C)C)N1CCC(C)C(n2ccnc2)C1.I. The Labute approximate surface area is 169 Å². The topological polar surface area (TPSA) is 57.5 Å². The summed E-state index contributed by atoms with van der Waals surface area (Å²) in [4.78, 5) is 11.4. The van der Waals surface area contributed by atoms with Crippen LogP contribution in [0.1, 0.15) is 47.1 Å². The molecule has 6 nitrogen and oxygen atoms in total. The predicted octanol–water partition coefficient (Wildman–Crippen LogP) is 2.74. The molecule has 1 saturated heterocycles. The van der Waals surface area contributed by atoms with E-state index in [1.165, 1.54) is 6.42 Å². The summed E-state index contributed by atoms with van der Waals surface area (Å²) in [5.74, 6) is 1.69. The molecule has 0 saturated carbocycles. The second kappa shape index (κ2) is 10.4. The van der Waals surface area contributed by atoms with Crippen LogP contribution in [0.25, 0.3) is 0 Å². The van der Waals surface area contributed by atoms with Crippen molar-refractivity contribution in [2.24, 2.45) is 10.9 Å². The number of likely N-dealkylation sites (tertiary alicyclic amines) is 1. The Morgan fingerprint density at radius 2 is 2.12 bits per heavy atom. The van der Waals surface area contributed by atoms with Gasteiger partial charge < -0.3 is 20.1 Å². The number of nitrogens with one attached hydrogen (secondary N) is 2. The minimum Gasteiger partial charge on any atom is -0.357 e. The van der Waals surface area contributed by atoms with Crippen LogP contribution in [0.4, 0.5) is 0 Å². The molecule has 0 amide bonds. The fourth-order valence-electron chi connectivity index (χ4n) is 3.11. The normalized spacial score (nSPS) is 21.8. The number of hydrogen-bond donors (Lipinski definition) is 2. The number of guanidine groups is 1. The van der Waals surface area contributed by atoms with Crippen molar-refractivity contribution in [2.45, 2.75) is 52.6 Å². The molecule has 7 heteroatoms. The number of piperidine rings is 1. The van der Waals surface area contributed by atoms with E-state index < -0.39 is 0 Å².